The summed E-state index contributed by atoms with van der Waals surface area (Å²) in [5, 5.41) is 4.57. The number of aromatic nitrogens is 1. The van der Waals surface area contributed by atoms with Crippen LogP contribution in [-0.4, -0.2) is 41.8 Å². The molecule has 6 heteroatoms. The smallest absolute Gasteiger partial charge is 0.233 e. The lowest BCUT2D eigenvalue weighted by molar-refractivity contribution is -0.137. The number of hydrogen-bond acceptors (Lipinski definition) is 5. The first-order chi connectivity index (χ1) is 17.8. The molecule has 1 saturated heterocycles. The van der Waals surface area contributed by atoms with Crippen molar-refractivity contribution in [3.8, 4) is 11.3 Å². The minimum absolute atomic E-state index is 0.112. The van der Waals surface area contributed by atoms with Crippen molar-refractivity contribution in [3.05, 3.63) is 71.3 Å². The molecular formula is C30H35N3O3. The van der Waals surface area contributed by atoms with Crippen LogP contribution < -0.4 is 4.90 Å². The highest BCUT2D eigenvalue weighted by Crippen LogP contribution is 2.36. The molecule has 6 nitrogen and oxygen atoms in total. The average molecular weight is 486 g/mol. The van der Waals surface area contributed by atoms with Gasteiger partial charge in [-0.2, -0.15) is 0 Å². The van der Waals surface area contributed by atoms with Crippen LogP contribution in [0.5, 0.6) is 0 Å². The van der Waals surface area contributed by atoms with E-state index in [0.717, 1.165) is 87.3 Å². The molecule has 0 radical (unpaired) electrons. The Kier molecular flexibility index (Phi) is 6.77. The van der Waals surface area contributed by atoms with Crippen molar-refractivity contribution in [2.24, 2.45) is 5.92 Å². The van der Waals surface area contributed by atoms with Crippen molar-refractivity contribution in [2.75, 3.05) is 24.6 Å². The summed E-state index contributed by atoms with van der Waals surface area (Å²) in [7, 11) is 0. The number of ether oxygens (including phenoxy) is 1. The van der Waals surface area contributed by atoms with E-state index in [1.165, 1.54) is 11.1 Å². The predicted molar refractivity (Wildman–Crippen MR) is 139 cm³/mol. The highest BCUT2D eigenvalue weighted by Gasteiger charge is 2.33. The molecule has 1 unspecified atom stereocenters. The molecule has 6 rings (SSSR count). The Morgan fingerprint density at radius 1 is 0.972 bits per heavy atom. The molecule has 1 aromatic heterocycles. The first-order valence-electron chi connectivity index (χ1n) is 13.5. The molecule has 36 heavy (non-hydrogen) atoms. The van der Waals surface area contributed by atoms with Gasteiger partial charge in [0.1, 0.15) is 5.69 Å². The molecule has 188 valence electrons. The molecule has 0 N–H and O–H groups in total. The van der Waals surface area contributed by atoms with E-state index < -0.39 is 0 Å². The van der Waals surface area contributed by atoms with Crippen molar-refractivity contribution in [1.29, 1.82) is 0 Å². The molecule has 0 spiro atoms. The van der Waals surface area contributed by atoms with Gasteiger partial charge < -0.3 is 19.1 Å². The molecule has 2 aliphatic heterocycles. The minimum Gasteiger partial charge on any atom is -0.376 e. The number of carbonyl (C=O) groups excluding carboxylic acids is 1. The maximum atomic E-state index is 13.8. The molecule has 1 saturated carbocycles. The van der Waals surface area contributed by atoms with Gasteiger partial charge in [0.2, 0.25) is 11.8 Å². The van der Waals surface area contributed by atoms with Gasteiger partial charge in [0.05, 0.1) is 18.2 Å². The van der Waals surface area contributed by atoms with E-state index in [1.807, 2.05) is 23.1 Å². The van der Waals surface area contributed by atoms with Gasteiger partial charge in [0.15, 0.2) is 0 Å². The molecule has 3 aliphatic rings. The second-order valence-corrected chi connectivity index (χ2v) is 10.5. The topological polar surface area (TPSA) is 58.8 Å². The molecule has 3 aromatic rings. The molecule has 2 aromatic carbocycles. The summed E-state index contributed by atoms with van der Waals surface area (Å²) in [6, 6.07) is 18.8. The summed E-state index contributed by atoms with van der Waals surface area (Å²) in [5.74, 6) is 1.18. The molecule has 2 fully saturated rings. The van der Waals surface area contributed by atoms with Crippen molar-refractivity contribution >= 4 is 11.8 Å². The van der Waals surface area contributed by atoms with E-state index in [4.69, 9.17) is 9.26 Å². The highest BCUT2D eigenvalue weighted by molar-refractivity contribution is 5.80. The summed E-state index contributed by atoms with van der Waals surface area (Å²) in [5.41, 5.74) is 5.58. The van der Waals surface area contributed by atoms with Gasteiger partial charge in [0, 0.05) is 37.7 Å². The van der Waals surface area contributed by atoms with Crippen molar-refractivity contribution in [2.45, 2.75) is 64.1 Å². The van der Waals surface area contributed by atoms with E-state index in [0.29, 0.717) is 13.1 Å². The molecular weight excluding hydrogens is 450 g/mol. The van der Waals surface area contributed by atoms with Crippen LogP contribution in [0.15, 0.2) is 59.1 Å². The van der Waals surface area contributed by atoms with E-state index in [9.17, 15) is 4.79 Å². The Hall–Kier alpha value is -3.12. The fourth-order valence-electron chi connectivity index (χ4n) is 6.07. The monoisotopic (exact) mass is 485 g/mol. The normalized spacial score (nSPS) is 20.0. The maximum Gasteiger partial charge on any atom is 0.233 e. The number of rotatable bonds is 7. The lowest BCUT2D eigenvalue weighted by Gasteiger charge is -2.31. The van der Waals surface area contributed by atoms with Crippen LogP contribution in [0.25, 0.3) is 11.3 Å². The summed E-state index contributed by atoms with van der Waals surface area (Å²) >= 11 is 0. The fourth-order valence-corrected chi connectivity index (χ4v) is 6.07. The quantitative estimate of drug-likeness (QED) is 0.436. The van der Waals surface area contributed by atoms with Crippen LogP contribution in [0.2, 0.25) is 0 Å². The Balaban J connectivity index is 1.35. The number of benzene rings is 2. The average Bonchev–Trinajstić information content (AvgIpc) is 3.71. The van der Waals surface area contributed by atoms with Gasteiger partial charge >= 0.3 is 0 Å². The highest BCUT2D eigenvalue weighted by atomic mass is 16.5. The number of carbonyl (C=O) groups is 1. The van der Waals surface area contributed by atoms with Gasteiger partial charge in [-0.3, -0.25) is 4.79 Å². The largest absolute Gasteiger partial charge is 0.376 e. The summed E-state index contributed by atoms with van der Waals surface area (Å²) in [4.78, 5) is 18.1. The first kappa shape index (κ1) is 23.3. The Bertz CT molecular complexity index is 1180. The summed E-state index contributed by atoms with van der Waals surface area (Å²) in [6.45, 7) is 3.58. The number of fused-ring (bicyclic) bond motifs is 1. The van der Waals surface area contributed by atoms with E-state index in [2.05, 4.69) is 46.5 Å². The van der Waals surface area contributed by atoms with Crippen LogP contribution in [0.3, 0.4) is 0 Å². The van der Waals surface area contributed by atoms with Gasteiger partial charge in [-0.25, -0.2) is 0 Å². The standard InChI is InChI=1S/C30H35N3O3/c34-29(24-12-5-6-13-24)33(20-26-15-8-18-35-26)21-27-28(23-10-2-1-3-11-23)31-36-30(27)32-17-16-22-9-4-7-14-25(22)19-32/h1-4,7,9-11,14,24,26H,5-6,8,12-13,15-21H2. The number of amides is 1. The van der Waals surface area contributed by atoms with Crippen molar-refractivity contribution < 1.29 is 14.1 Å². The minimum atomic E-state index is 0.112. The third-order valence-electron chi connectivity index (χ3n) is 8.05. The van der Waals surface area contributed by atoms with Gasteiger partial charge in [0.25, 0.3) is 0 Å². The van der Waals surface area contributed by atoms with Crippen LogP contribution in [-0.2, 0) is 29.0 Å². The fraction of sp³-hybridized carbons (Fsp3) is 0.467. The number of nitrogens with zero attached hydrogens (tertiary/aromatic N) is 3. The lowest BCUT2D eigenvalue weighted by Crippen LogP contribution is -2.40. The predicted octanol–water partition coefficient (Wildman–Crippen LogP) is 5.60. The molecule has 3 heterocycles. The zero-order valence-corrected chi connectivity index (χ0v) is 20.9. The number of anilines is 1. The molecule has 1 atom stereocenters. The lowest BCUT2D eigenvalue weighted by atomic mass is 9.99. The van der Waals surface area contributed by atoms with E-state index in [1.54, 1.807) is 0 Å². The van der Waals surface area contributed by atoms with E-state index >= 15 is 0 Å². The summed E-state index contributed by atoms with van der Waals surface area (Å²) < 4.78 is 12.1. The van der Waals surface area contributed by atoms with Crippen molar-refractivity contribution in [3.63, 3.8) is 0 Å². The van der Waals surface area contributed by atoms with Crippen LogP contribution in [0.1, 0.15) is 55.2 Å². The SMILES string of the molecule is O=C(C1CCCC1)N(Cc1c(-c2ccccc2)noc1N1CCc2ccccc2C1)CC1CCCO1. The van der Waals surface area contributed by atoms with Crippen LogP contribution in [0.4, 0.5) is 5.88 Å². The Morgan fingerprint density at radius 2 is 1.75 bits per heavy atom. The zero-order chi connectivity index (χ0) is 24.3. The molecule has 1 amide bonds. The van der Waals surface area contributed by atoms with Crippen molar-refractivity contribution in [1.82, 2.24) is 10.1 Å². The second-order valence-electron chi connectivity index (χ2n) is 10.5. The zero-order valence-electron chi connectivity index (χ0n) is 20.9. The first-order valence-corrected chi connectivity index (χ1v) is 13.5. The van der Waals surface area contributed by atoms with Gasteiger partial charge in [-0.05, 0) is 43.2 Å². The third kappa shape index (κ3) is 4.79. The Labute approximate surface area is 213 Å². The Morgan fingerprint density at radius 3 is 2.53 bits per heavy atom. The third-order valence-corrected chi connectivity index (χ3v) is 8.05. The maximum absolute atomic E-state index is 13.8. The second kappa shape index (κ2) is 10.5. The van der Waals surface area contributed by atoms with Crippen LogP contribution in [0, 0.1) is 5.92 Å². The van der Waals surface area contributed by atoms with Crippen LogP contribution >= 0.6 is 0 Å². The van der Waals surface area contributed by atoms with Gasteiger partial charge in [-0.15, -0.1) is 0 Å². The summed E-state index contributed by atoms with van der Waals surface area (Å²) in [6.07, 6.45) is 7.43. The van der Waals surface area contributed by atoms with Gasteiger partial charge in [-0.1, -0.05) is 72.6 Å². The number of hydrogen-bond donors (Lipinski definition) is 0. The molecule has 1 aliphatic carbocycles. The molecule has 0 bridgehead atoms. The van der Waals surface area contributed by atoms with E-state index in [-0.39, 0.29) is 17.9 Å².